The second-order valence-corrected chi connectivity index (χ2v) is 10.8. The number of hydrogen-bond donors (Lipinski definition) is 2. The van der Waals surface area contributed by atoms with Crippen LogP contribution >= 0.6 is 0 Å². The zero-order valence-electron chi connectivity index (χ0n) is 22.0. The maximum Gasteiger partial charge on any atom is 0.416 e. The molecular formula is C30H25F4N5O2S. The largest absolute Gasteiger partial charge is 0.416 e. The first-order chi connectivity index (χ1) is 20.2. The molecule has 2 N–H and O–H groups in total. The van der Waals surface area contributed by atoms with E-state index in [1.54, 1.807) is 36.5 Å². The highest BCUT2D eigenvalue weighted by Gasteiger charge is 2.32. The molecule has 1 aliphatic rings. The van der Waals surface area contributed by atoms with E-state index in [0.717, 1.165) is 17.8 Å². The minimum absolute atomic E-state index is 0.0780. The molecule has 2 atom stereocenters. The van der Waals surface area contributed by atoms with Gasteiger partial charge in [0.1, 0.15) is 28.7 Å². The number of rotatable bonds is 9. The normalized spacial score (nSPS) is 15.9. The number of nitrogens with zero attached hydrogens (tertiary/aromatic N) is 3. The van der Waals surface area contributed by atoms with E-state index in [2.05, 4.69) is 20.6 Å². The van der Waals surface area contributed by atoms with Crippen LogP contribution in [0.15, 0.2) is 102 Å². The average Bonchev–Trinajstić information content (AvgIpc) is 3.49. The summed E-state index contributed by atoms with van der Waals surface area (Å²) in [6.45, 7) is 0.707. The fourth-order valence-corrected chi connectivity index (χ4v) is 5.55. The van der Waals surface area contributed by atoms with Crippen LogP contribution in [0.25, 0.3) is 11.3 Å². The van der Waals surface area contributed by atoms with Gasteiger partial charge in [-0.15, -0.1) is 0 Å². The van der Waals surface area contributed by atoms with Gasteiger partial charge in [0.2, 0.25) is 5.91 Å². The molecule has 0 bridgehead atoms. The van der Waals surface area contributed by atoms with Gasteiger partial charge in [-0.3, -0.25) is 9.78 Å². The van der Waals surface area contributed by atoms with Crippen molar-refractivity contribution in [3.63, 3.8) is 0 Å². The number of carbonyl (C=O) groups is 1. The highest BCUT2D eigenvalue weighted by atomic mass is 32.2. The first-order valence-electron chi connectivity index (χ1n) is 12.9. The molecule has 3 heterocycles. The van der Waals surface area contributed by atoms with Crippen molar-refractivity contribution in [3.05, 3.63) is 120 Å². The van der Waals surface area contributed by atoms with E-state index in [1.165, 1.54) is 40.7 Å². The lowest BCUT2D eigenvalue weighted by Gasteiger charge is -2.22. The van der Waals surface area contributed by atoms with Crippen molar-refractivity contribution in [2.75, 3.05) is 11.9 Å². The molecule has 0 saturated carbocycles. The van der Waals surface area contributed by atoms with Gasteiger partial charge in [0, 0.05) is 24.8 Å². The number of amides is 1. The zero-order valence-corrected chi connectivity index (χ0v) is 22.8. The SMILES string of the molecule is O=C(NCc1cc(NCc2ccccn2)nc(-c2ccc(C(F)(F)F)cc2)c1)C1C=CCN1S(=O)c1ccc(F)cc1. The molecule has 0 spiro atoms. The van der Waals surface area contributed by atoms with E-state index < -0.39 is 40.5 Å². The standard InChI is InChI=1S/C30H25F4N5O2S/c31-23-10-12-25(13-11-23)42(41)39-15-3-5-27(39)29(40)37-18-20-16-26(21-6-8-22(9-7-21)30(32,33)34)38-28(17-20)36-19-24-4-1-2-14-35-24/h1-14,16-17,27H,15,18-19H2,(H,36,38)(H,37,40). The van der Waals surface area contributed by atoms with Gasteiger partial charge in [0.05, 0.1) is 28.4 Å². The lowest BCUT2D eigenvalue weighted by molar-refractivity contribution is -0.137. The summed E-state index contributed by atoms with van der Waals surface area (Å²) in [4.78, 5) is 22.4. The predicted molar refractivity (Wildman–Crippen MR) is 151 cm³/mol. The van der Waals surface area contributed by atoms with Crippen molar-refractivity contribution in [2.45, 2.75) is 30.2 Å². The van der Waals surface area contributed by atoms with Crippen LogP contribution in [-0.2, 0) is 35.0 Å². The number of nitrogens with one attached hydrogen (secondary N) is 2. The number of carbonyl (C=O) groups excluding carboxylic acids is 1. The van der Waals surface area contributed by atoms with Gasteiger partial charge in [-0.2, -0.15) is 13.2 Å². The van der Waals surface area contributed by atoms with Crippen molar-refractivity contribution in [3.8, 4) is 11.3 Å². The summed E-state index contributed by atoms with van der Waals surface area (Å²) in [5.41, 5.74) is 1.52. The monoisotopic (exact) mass is 595 g/mol. The summed E-state index contributed by atoms with van der Waals surface area (Å²) in [5, 5.41) is 6.03. The lowest BCUT2D eigenvalue weighted by Crippen LogP contribution is -2.43. The van der Waals surface area contributed by atoms with Crippen LogP contribution in [0.3, 0.4) is 0 Å². The Labute approximate surface area is 241 Å². The number of aromatic nitrogens is 2. The fraction of sp³-hybridized carbons (Fsp3) is 0.167. The van der Waals surface area contributed by atoms with E-state index in [-0.39, 0.29) is 13.1 Å². The van der Waals surface area contributed by atoms with Crippen LogP contribution in [0, 0.1) is 5.82 Å². The highest BCUT2D eigenvalue weighted by Crippen LogP contribution is 2.31. The van der Waals surface area contributed by atoms with Crippen LogP contribution < -0.4 is 10.6 Å². The van der Waals surface area contributed by atoms with Crippen LogP contribution in [0.4, 0.5) is 23.4 Å². The smallest absolute Gasteiger partial charge is 0.364 e. The fourth-order valence-electron chi connectivity index (χ4n) is 4.31. The second kappa shape index (κ2) is 12.6. The summed E-state index contributed by atoms with van der Waals surface area (Å²) < 4.78 is 67.1. The maximum absolute atomic E-state index is 13.3. The van der Waals surface area contributed by atoms with Gasteiger partial charge < -0.3 is 10.6 Å². The van der Waals surface area contributed by atoms with Gasteiger partial charge in [-0.05, 0) is 66.2 Å². The Balaban J connectivity index is 1.34. The summed E-state index contributed by atoms with van der Waals surface area (Å²) in [6.07, 6.45) is 0.585. The van der Waals surface area contributed by atoms with E-state index in [0.29, 0.717) is 34.1 Å². The van der Waals surface area contributed by atoms with Crippen molar-refractivity contribution >= 4 is 22.7 Å². The van der Waals surface area contributed by atoms with Crippen molar-refractivity contribution < 1.29 is 26.6 Å². The van der Waals surface area contributed by atoms with Crippen molar-refractivity contribution in [1.29, 1.82) is 0 Å². The molecule has 2 unspecified atom stereocenters. The number of benzene rings is 2. The molecule has 4 aromatic rings. The Kier molecular flexibility index (Phi) is 8.74. The van der Waals surface area contributed by atoms with E-state index >= 15 is 0 Å². The highest BCUT2D eigenvalue weighted by molar-refractivity contribution is 7.82. The first-order valence-corrected chi connectivity index (χ1v) is 14.0. The summed E-state index contributed by atoms with van der Waals surface area (Å²) >= 11 is 0. The molecule has 7 nitrogen and oxygen atoms in total. The molecule has 2 aromatic carbocycles. The Hall–Kier alpha value is -4.42. The van der Waals surface area contributed by atoms with Crippen LogP contribution in [0.5, 0.6) is 0 Å². The number of hydrogen-bond acceptors (Lipinski definition) is 5. The Morgan fingerprint density at radius 1 is 1.00 bits per heavy atom. The zero-order chi connectivity index (χ0) is 29.7. The van der Waals surface area contributed by atoms with Gasteiger partial charge in [-0.25, -0.2) is 17.9 Å². The van der Waals surface area contributed by atoms with Gasteiger partial charge >= 0.3 is 6.18 Å². The summed E-state index contributed by atoms with van der Waals surface area (Å²) in [6, 6.07) is 18.0. The Morgan fingerprint density at radius 3 is 2.45 bits per heavy atom. The molecular weight excluding hydrogens is 570 g/mol. The molecule has 1 amide bonds. The molecule has 0 fully saturated rings. The topological polar surface area (TPSA) is 87.2 Å². The minimum Gasteiger partial charge on any atom is -0.364 e. The molecule has 5 rings (SSSR count). The summed E-state index contributed by atoms with van der Waals surface area (Å²) in [7, 11) is -1.69. The molecule has 0 aliphatic carbocycles. The quantitative estimate of drug-likeness (QED) is 0.197. The van der Waals surface area contributed by atoms with Crippen LogP contribution in [0.1, 0.15) is 16.8 Å². The van der Waals surface area contributed by atoms with Crippen molar-refractivity contribution in [2.24, 2.45) is 0 Å². The van der Waals surface area contributed by atoms with Crippen molar-refractivity contribution in [1.82, 2.24) is 19.6 Å². The molecule has 0 radical (unpaired) electrons. The summed E-state index contributed by atoms with van der Waals surface area (Å²) in [5.74, 6) is -0.399. The third kappa shape index (κ3) is 7.07. The third-order valence-electron chi connectivity index (χ3n) is 6.45. The predicted octanol–water partition coefficient (Wildman–Crippen LogP) is 5.49. The van der Waals surface area contributed by atoms with E-state index in [1.807, 2.05) is 12.1 Å². The average molecular weight is 596 g/mol. The molecule has 12 heteroatoms. The molecule has 2 aromatic heterocycles. The van der Waals surface area contributed by atoms with Gasteiger partial charge in [0.25, 0.3) is 0 Å². The van der Waals surface area contributed by atoms with Gasteiger partial charge in [0.15, 0.2) is 0 Å². The van der Waals surface area contributed by atoms with Crippen LogP contribution in [-0.4, -0.2) is 37.0 Å². The molecule has 0 saturated heterocycles. The first kappa shape index (κ1) is 29.1. The lowest BCUT2D eigenvalue weighted by atomic mass is 10.1. The Bertz CT molecular complexity index is 1600. The van der Waals surface area contributed by atoms with Crippen LogP contribution in [0.2, 0.25) is 0 Å². The number of anilines is 1. The molecule has 1 aliphatic heterocycles. The molecule has 216 valence electrons. The number of pyridine rings is 2. The van der Waals surface area contributed by atoms with E-state index in [4.69, 9.17) is 0 Å². The number of alkyl halides is 3. The maximum atomic E-state index is 13.3. The van der Waals surface area contributed by atoms with E-state index in [9.17, 15) is 26.6 Å². The second-order valence-electron chi connectivity index (χ2n) is 9.39. The molecule has 42 heavy (non-hydrogen) atoms. The van der Waals surface area contributed by atoms with Gasteiger partial charge in [-0.1, -0.05) is 30.4 Å². The third-order valence-corrected chi connectivity index (χ3v) is 7.93. The minimum atomic E-state index is -4.46. The number of halogens is 4. The Morgan fingerprint density at radius 2 is 1.76 bits per heavy atom.